The second-order valence-corrected chi connectivity index (χ2v) is 8.73. The highest BCUT2D eigenvalue weighted by atomic mass is 32.2. The molecule has 0 atom stereocenters. The molecule has 0 N–H and O–H groups in total. The third-order valence-corrected chi connectivity index (χ3v) is 6.67. The van der Waals surface area contributed by atoms with Crippen LogP contribution in [0, 0.1) is 0 Å². The van der Waals surface area contributed by atoms with Crippen LogP contribution in [-0.4, -0.2) is 17.9 Å². The van der Waals surface area contributed by atoms with Crippen LogP contribution in [0.25, 0.3) is 6.08 Å². The number of hydrogen-bond donors (Lipinski definition) is 0. The van der Waals surface area contributed by atoms with Crippen molar-refractivity contribution < 1.29 is 14.3 Å². The van der Waals surface area contributed by atoms with Gasteiger partial charge in [0.25, 0.3) is 5.91 Å². The summed E-state index contributed by atoms with van der Waals surface area (Å²) in [5.74, 6) is 1.34. The molecule has 5 rings (SSSR count). The van der Waals surface area contributed by atoms with E-state index in [1.54, 1.807) is 4.90 Å². The molecule has 0 saturated carbocycles. The van der Waals surface area contributed by atoms with Crippen LogP contribution in [0.5, 0.6) is 11.5 Å². The van der Waals surface area contributed by atoms with Crippen LogP contribution in [0.15, 0.2) is 76.6 Å². The maximum Gasteiger partial charge on any atom is 0.271 e. The Labute approximate surface area is 197 Å². The molecular formula is C27H24N2O3S. The van der Waals surface area contributed by atoms with Gasteiger partial charge in [0.05, 0.1) is 16.3 Å². The monoisotopic (exact) mass is 456 g/mol. The Hall–Kier alpha value is -3.51. The number of hydrogen-bond acceptors (Lipinski definition) is 5. The summed E-state index contributed by atoms with van der Waals surface area (Å²) in [5, 5.41) is 0.661. The Morgan fingerprint density at radius 3 is 2.48 bits per heavy atom. The van der Waals surface area contributed by atoms with Crippen molar-refractivity contribution in [1.29, 1.82) is 0 Å². The standard InChI is InChI=1S/C27H24N2O3S/c1-3-19-9-5-7-11-21(19)28-27-29(22-12-8-6-10-20(22)4-2)26(30)25(33-27)16-18-13-14-23-24(15-18)32-17-31-23/h5-16H,3-4,17H2,1-2H3. The number of fused-ring (bicyclic) bond motifs is 1. The van der Waals surface area contributed by atoms with Crippen LogP contribution in [-0.2, 0) is 17.6 Å². The average molecular weight is 457 g/mol. The van der Waals surface area contributed by atoms with E-state index in [9.17, 15) is 4.79 Å². The molecule has 0 spiro atoms. The first-order valence-electron chi connectivity index (χ1n) is 11.1. The number of nitrogens with zero attached hydrogens (tertiary/aromatic N) is 2. The number of amides is 1. The van der Waals surface area contributed by atoms with Gasteiger partial charge in [-0.1, -0.05) is 56.3 Å². The second-order valence-electron chi connectivity index (χ2n) is 7.72. The summed E-state index contributed by atoms with van der Waals surface area (Å²) < 4.78 is 10.9. The van der Waals surface area contributed by atoms with Crippen LogP contribution in [0.2, 0.25) is 0 Å². The zero-order valence-corrected chi connectivity index (χ0v) is 19.4. The molecule has 5 nitrogen and oxygen atoms in total. The first kappa shape index (κ1) is 21.3. The number of rotatable bonds is 5. The molecule has 1 fully saturated rings. The summed E-state index contributed by atoms with van der Waals surface area (Å²) in [7, 11) is 0. The number of thioether (sulfide) groups is 1. The van der Waals surface area contributed by atoms with E-state index >= 15 is 0 Å². The van der Waals surface area contributed by atoms with Crippen molar-refractivity contribution in [2.24, 2.45) is 4.99 Å². The Balaban J connectivity index is 1.60. The fourth-order valence-electron chi connectivity index (χ4n) is 3.97. The smallest absolute Gasteiger partial charge is 0.271 e. The van der Waals surface area contributed by atoms with Gasteiger partial charge in [0.2, 0.25) is 6.79 Å². The van der Waals surface area contributed by atoms with Crippen molar-refractivity contribution in [2.75, 3.05) is 11.7 Å². The van der Waals surface area contributed by atoms with Crippen molar-refractivity contribution in [3.05, 3.63) is 88.3 Å². The molecule has 33 heavy (non-hydrogen) atoms. The summed E-state index contributed by atoms with van der Waals surface area (Å²) in [5.41, 5.74) is 4.90. The molecule has 0 unspecified atom stereocenters. The van der Waals surface area contributed by atoms with Crippen LogP contribution in [0.4, 0.5) is 11.4 Å². The lowest BCUT2D eigenvalue weighted by Crippen LogP contribution is -2.29. The number of aliphatic imine (C=N–C) groups is 1. The van der Waals surface area contributed by atoms with Gasteiger partial charge >= 0.3 is 0 Å². The number of amidine groups is 1. The normalized spacial score (nSPS) is 17.4. The number of carbonyl (C=O) groups is 1. The quantitative estimate of drug-likeness (QED) is 0.420. The summed E-state index contributed by atoms with van der Waals surface area (Å²) in [6.07, 6.45) is 3.59. The second kappa shape index (κ2) is 9.16. The molecule has 166 valence electrons. The van der Waals surface area contributed by atoms with Crippen molar-refractivity contribution in [1.82, 2.24) is 0 Å². The van der Waals surface area contributed by atoms with E-state index in [0.29, 0.717) is 15.8 Å². The van der Waals surface area contributed by atoms with E-state index in [4.69, 9.17) is 14.5 Å². The summed E-state index contributed by atoms with van der Waals surface area (Å²) in [6.45, 7) is 4.43. The molecular weight excluding hydrogens is 432 g/mol. The van der Waals surface area contributed by atoms with Gasteiger partial charge in [-0.15, -0.1) is 0 Å². The minimum absolute atomic E-state index is 0.0775. The number of benzene rings is 3. The molecule has 2 aliphatic rings. The van der Waals surface area contributed by atoms with Crippen molar-refractivity contribution in [3.63, 3.8) is 0 Å². The van der Waals surface area contributed by atoms with Gasteiger partial charge in [-0.25, -0.2) is 4.99 Å². The van der Waals surface area contributed by atoms with Crippen LogP contribution in [0.1, 0.15) is 30.5 Å². The molecule has 3 aromatic rings. The van der Waals surface area contributed by atoms with Crippen molar-refractivity contribution in [3.8, 4) is 11.5 Å². The Morgan fingerprint density at radius 2 is 1.67 bits per heavy atom. The molecule has 0 bridgehead atoms. The molecule has 0 radical (unpaired) electrons. The maximum absolute atomic E-state index is 13.7. The fourth-order valence-corrected chi connectivity index (χ4v) is 4.95. The van der Waals surface area contributed by atoms with Crippen LogP contribution in [0.3, 0.4) is 0 Å². The lowest BCUT2D eigenvalue weighted by Gasteiger charge is -2.19. The number of carbonyl (C=O) groups excluding carboxylic acids is 1. The van der Waals surface area contributed by atoms with Crippen LogP contribution < -0.4 is 14.4 Å². The van der Waals surface area contributed by atoms with Gasteiger partial charge in [0.1, 0.15) is 0 Å². The maximum atomic E-state index is 13.7. The number of para-hydroxylation sites is 2. The fraction of sp³-hybridized carbons (Fsp3) is 0.185. The minimum atomic E-state index is -0.0775. The SMILES string of the molecule is CCc1ccccc1N=C1SC(=Cc2ccc3c(c2)OCO3)C(=O)N1c1ccccc1CC. The predicted octanol–water partition coefficient (Wildman–Crippen LogP) is 6.35. The molecule has 2 aliphatic heterocycles. The van der Waals surface area contributed by atoms with Gasteiger partial charge in [-0.3, -0.25) is 9.69 Å². The lowest BCUT2D eigenvalue weighted by atomic mass is 10.1. The highest BCUT2D eigenvalue weighted by molar-refractivity contribution is 8.19. The molecule has 3 aromatic carbocycles. The van der Waals surface area contributed by atoms with E-state index in [1.807, 2.05) is 60.7 Å². The van der Waals surface area contributed by atoms with Crippen molar-refractivity contribution in [2.45, 2.75) is 26.7 Å². The van der Waals surface area contributed by atoms with E-state index in [2.05, 4.69) is 26.0 Å². The number of aryl methyl sites for hydroxylation is 2. The van der Waals surface area contributed by atoms with E-state index in [0.717, 1.165) is 46.7 Å². The van der Waals surface area contributed by atoms with Gasteiger partial charge in [-0.2, -0.15) is 0 Å². The zero-order valence-electron chi connectivity index (χ0n) is 18.6. The molecule has 2 heterocycles. The predicted molar refractivity (Wildman–Crippen MR) is 134 cm³/mol. The molecule has 0 aliphatic carbocycles. The molecule has 1 amide bonds. The minimum Gasteiger partial charge on any atom is -0.454 e. The highest BCUT2D eigenvalue weighted by Crippen LogP contribution is 2.40. The summed E-state index contributed by atoms with van der Waals surface area (Å²) in [6, 6.07) is 21.8. The van der Waals surface area contributed by atoms with E-state index in [1.165, 1.54) is 11.8 Å². The largest absolute Gasteiger partial charge is 0.454 e. The Bertz CT molecular complexity index is 1280. The average Bonchev–Trinajstić information content (AvgIpc) is 3.43. The molecule has 1 saturated heterocycles. The van der Waals surface area contributed by atoms with Gasteiger partial charge in [0.15, 0.2) is 16.7 Å². The van der Waals surface area contributed by atoms with Gasteiger partial charge in [-0.05, 0) is 71.6 Å². The summed E-state index contributed by atoms with van der Waals surface area (Å²) >= 11 is 1.40. The first-order chi connectivity index (χ1) is 16.2. The first-order valence-corrected chi connectivity index (χ1v) is 11.9. The topological polar surface area (TPSA) is 51.1 Å². The number of ether oxygens (including phenoxy) is 2. The molecule has 6 heteroatoms. The lowest BCUT2D eigenvalue weighted by molar-refractivity contribution is -0.113. The van der Waals surface area contributed by atoms with Crippen molar-refractivity contribution >= 4 is 40.3 Å². The van der Waals surface area contributed by atoms with Crippen LogP contribution >= 0.6 is 11.8 Å². The Kier molecular flexibility index (Phi) is 5.92. The molecule has 0 aromatic heterocycles. The number of anilines is 1. The van der Waals surface area contributed by atoms with Gasteiger partial charge in [0, 0.05) is 0 Å². The van der Waals surface area contributed by atoms with E-state index in [-0.39, 0.29) is 12.7 Å². The third kappa shape index (κ3) is 4.14. The summed E-state index contributed by atoms with van der Waals surface area (Å²) in [4.78, 5) is 21.0. The van der Waals surface area contributed by atoms with E-state index < -0.39 is 0 Å². The third-order valence-electron chi connectivity index (χ3n) is 5.70. The zero-order chi connectivity index (χ0) is 22.8. The van der Waals surface area contributed by atoms with Gasteiger partial charge < -0.3 is 9.47 Å². The highest BCUT2D eigenvalue weighted by Gasteiger charge is 2.36. The Morgan fingerprint density at radius 1 is 0.939 bits per heavy atom.